The van der Waals surface area contributed by atoms with Crippen molar-refractivity contribution >= 4 is 5.91 Å². The van der Waals surface area contributed by atoms with Crippen LogP contribution in [0.25, 0.3) is 0 Å². The molecule has 1 atom stereocenters. The highest BCUT2D eigenvalue weighted by Gasteiger charge is 2.34. The van der Waals surface area contributed by atoms with E-state index < -0.39 is 17.8 Å². The number of rotatable bonds is 2. The molecule has 0 radical (unpaired) electrons. The first kappa shape index (κ1) is 13.6. The van der Waals surface area contributed by atoms with Gasteiger partial charge in [0.1, 0.15) is 11.3 Å². The fraction of sp³-hybridized carbons (Fsp3) is 0.0625. The number of ether oxygens (including phenoxy) is 1. The summed E-state index contributed by atoms with van der Waals surface area (Å²) in [5, 5.41) is 19.0. The number of nitrogens with zero attached hydrogens (tertiary/aromatic N) is 2. The van der Waals surface area contributed by atoms with Gasteiger partial charge < -0.3 is 15.6 Å². The molecule has 2 heterocycles. The molecule has 1 aromatic carbocycles. The third kappa shape index (κ3) is 2.15. The molecular formula is C16H11N3O3. The van der Waals surface area contributed by atoms with Crippen LogP contribution in [0.4, 0.5) is 0 Å². The van der Waals surface area contributed by atoms with E-state index in [1.165, 1.54) is 6.07 Å². The largest absolute Gasteiger partial charge is 0.480 e. The SMILES string of the molecule is N#Cc1ccc2c(c1)OC(O)=C(C(N)=O)C2c1ccncc1. The van der Waals surface area contributed by atoms with Gasteiger partial charge in [-0.2, -0.15) is 5.26 Å². The van der Waals surface area contributed by atoms with Crippen molar-refractivity contribution < 1.29 is 14.6 Å². The van der Waals surface area contributed by atoms with Crippen molar-refractivity contribution in [3.05, 3.63) is 70.9 Å². The van der Waals surface area contributed by atoms with Gasteiger partial charge in [0.05, 0.1) is 17.6 Å². The summed E-state index contributed by atoms with van der Waals surface area (Å²) in [6, 6.07) is 10.3. The minimum Gasteiger partial charge on any atom is -0.480 e. The zero-order chi connectivity index (χ0) is 15.7. The smallest absolute Gasteiger partial charge is 0.292 e. The van der Waals surface area contributed by atoms with E-state index in [-0.39, 0.29) is 5.57 Å². The monoisotopic (exact) mass is 293 g/mol. The summed E-state index contributed by atoms with van der Waals surface area (Å²) in [7, 11) is 0. The minimum atomic E-state index is -0.769. The quantitative estimate of drug-likeness (QED) is 0.876. The summed E-state index contributed by atoms with van der Waals surface area (Å²) in [5.74, 6) is -1.56. The first-order valence-corrected chi connectivity index (χ1v) is 6.46. The van der Waals surface area contributed by atoms with Crippen LogP contribution in [-0.4, -0.2) is 16.0 Å². The number of amides is 1. The Kier molecular flexibility index (Phi) is 3.24. The Morgan fingerprint density at radius 1 is 1.32 bits per heavy atom. The second-order valence-electron chi connectivity index (χ2n) is 4.76. The molecule has 1 aliphatic rings. The van der Waals surface area contributed by atoms with E-state index in [1.54, 1.807) is 36.7 Å². The zero-order valence-electron chi connectivity index (χ0n) is 11.4. The normalized spacial score (nSPS) is 16.4. The molecule has 2 aromatic rings. The Morgan fingerprint density at radius 2 is 2.05 bits per heavy atom. The van der Waals surface area contributed by atoms with Gasteiger partial charge >= 0.3 is 0 Å². The fourth-order valence-corrected chi connectivity index (χ4v) is 2.52. The molecule has 1 aliphatic heterocycles. The summed E-state index contributed by atoms with van der Waals surface area (Å²) in [4.78, 5) is 15.7. The standard InChI is InChI=1S/C16H11N3O3/c17-8-9-1-2-11-12(7-9)22-16(21)14(15(18)20)13(11)10-3-5-19-6-4-10/h1-7,13,21H,(H2,18,20). The van der Waals surface area contributed by atoms with Crippen LogP contribution in [-0.2, 0) is 4.79 Å². The van der Waals surface area contributed by atoms with Gasteiger partial charge in [0.25, 0.3) is 11.9 Å². The number of carbonyl (C=O) groups excluding carboxylic acids is 1. The number of pyridine rings is 1. The van der Waals surface area contributed by atoms with Crippen LogP contribution in [0.15, 0.2) is 54.2 Å². The maximum atomic E-state index is 11.7. The lowest BCUT2D eigenvalue weighted by molar-refractivity contribution is -0.115. The summed E-state index contributed by atoms with van der Waals surface area (Å²) in [5.41, 5.74) is 7.15. The molecule has 3 rings (SSSR count). The van der Waals surface area contributed by atoms with Gasteiger partial charge in [-0.05, 0) is 29.8 Å². The third-order valence-electron chi connectivity index (χ3n) is 3.48. The van der Waals surface area contributed by atoms with Crippen LogP contribution < -0.4 is 10.5 Å². The number of benzene rings is 1. The number of hydrogen-bond donors (Lipinski definition) is 2. The van der Waals surface area contributed by atoms with Gasteiger partial charge in [0.2, 0.25) is 0 Å². The summed E-state index contributed by atoms with van der Waals surface area (Å²) >= 11 is 0. The number of hydrogen-bond acceptors (Lipinski definition) is 5. The molecule has 0 spiro atoms. The van der Waals surface area contributed by atoms with Crippen LogP contribution >= 0.6 is 0 Å². The summed E-state index contributed by atoms with van der Waals surface area (Å²) in [6.07, 6.45) is 3.17. The van der Waals surface area contributed by atoms with Crippen molar-refractivity contribution in [3.63, 3.8) is 0 Å². The molecule has 0 aliphatic carbocycles. The van der Waals surface area contributed by atoms with Crippen LogP contribution in [0, 0.1) is 11.3 Å². The topological polar surface area (TPSA) is 109 Å². The van der Waals surface area contributed by atoms with E-state index in [0.29, 0.717) is 16.9 Å². The first-order chi connectivity index (χ1) is 10.6. The molecule has 6 heteroatoms. The first-order valence-electron chi connectivity index (χ1n) is 6.46. The van der Waals surface area contributed by atoms with Gasteiger partial charge in [0.15, 0.2) is 0 Å². The lowest BCUT2D eigenvalue weighted by atomic mass is 9.83. The number of nitriles is 1. The van der Waals surface area contributed by atoms with Crippen molar-refractivity contribution in [2.24, 2.45) is 5.73 Å². The number of fused-ring (bicyclic) bond motifs is 1. The number of nitrogens with two attached hydrogens (primary N) is 1. The molecule has 1 amide bonds. The molecule has 0 bridgehead atoms. The number of carbonyl (C=O) groups is 1. The average Bonchev–Trinajstić information content (AvgIpc) is 2.53. The highest BCUT2D eigenvalue weighted by molar-refractivity contribution is 5.95. The highest BCUT2D eigenvalue weighted by atomic mass is 16.6. The second kappa shape index (κ2) is 5.22. The summed E-state index contributed by atoms with van der Waals surface area (Å²) in [6.45, 7) is 0. The minimum absolute atomic E-state index is 0.0246. The highest BCUT2D eigenvalue weighted by Crippen LogP contribution is 2.42. The lowest BCUT2D eigenvalue weighted by Gasteiger charge is -2.27. The molecule has 22 heavy (non-hydrogen) atoms. The molecular weight excluding hydrogens is 282 g/mol. The molecule has 0 saturated heterocycles. The van der Waals surface area contributed by atoms with Crippen LogP contribution in [0.2, 0.25) is 0 Å². The Hall–Kier alpha value is -3.33. The van der Waals surface area contributed by atoms with E-state index in [2.05, 4.69) is 4.98 Å². The van der Waals surface area contributed by atoms with Gasteiger partial charge in [-0.3, -0.25) is 9.78 Å². The Morgan fingerprint density at radius 3 is 2.68 bits per heavy atom. The molecule has 6 nitrogen and oxygen atoms in total. The van der Waals surface area contributed by atoms with Crippen molar-refractivity contribution in [1.29, 1.82) is 5.26 Å². The number of primary amides is 1. The van der Waals surface area contributed by atoms with Crippen LogP contribution in [0.3, 0.4) is 0 Å². The van der Waals surface area contributed by atoms with Crippen molar-refractivity contribution in [2.45, 2.75) is 5.92 Å². The number of aliphatic hydroxyl groups is 1. The maximum Gasteiger partial charge on any atom is 0.292 e. The zero-order valence-corrected chi connectivity index (χ0v) is 11.4. The van der Waals surface area contributed by atoms with Gasteiger partial charge in [-0.15, -0.1) is 0 Å². The third-order valence-corrected chi connectivity index (χ3v) is 3.48. The van der Waals surface area contributed by atoms with Gasteiger partial charge in [-0.25, -0.2) is 0 Å². The van der Waals surface area contributed by atoms with E-state index in [0.717, 1.165) is 5.56 Å². The second-order valence-corrected chi connectivity index (χ2v) is 4.76. The molecule has 3 N–H and O–H groups in total. The number of aliphatic hydroxyl groups excluding tert-OH is 1. The van der Waals surface area contributed by atoms with Gasteiger partial charge in [0, 0.05) is 18.0 Å². The van der Waals surface area contributed by atoms with Gasteiger partial charge in [-0.1, -0.05) is 6.07 Å². The molecule has 0 saturated carbocycles. The Labute approximate surface area is 126 Å². The van der Waals surface area contributed by atoms with E-state index in [4.69, 9.17) is 15.7 Å². The van der Waals surface area contributed by atoms with Crippen LogP contribution in [0.1, 0.15) is 22.6 Å². The molecule has 0 fully saturated rings. The average molecular weight is 293 g/mol. The Balaban J connectivity index is 2.24. The van der Waals surface area contributed by atoms with Crippen LogP contribution in [0.5, 0.6) is 5.75 Å². The van der Waals surface area contributed by atoms with Crippen molar-refractivity contribution in [3.8, 4) is 11.8 Å². The fourth-order valence-electron chi connectivity index (χ4n) is 2.52. The van der Waals surface area contributed by atoms with Crippen molar-refractivity contribution in [1.82, 2.24) is 4.98 Å². The maximum absolute atomic E-state index is 11.7. The predicted octanol–water partition coefficient (Wildman–Crippen LogP) is 1.73. The van der Waals surface area contributed by atoms with E-state index in [1.807, 2.05) is 6.07 Å². The van der Waals surface area contributed by atoms with E-state index >= 15 is 0 Å². The molecule has 1 aromatic heterocycles. The number of aromatic nitrogens is 1. The summed E-state index contributed by atoms with van der Waals surface area (Å²) < 4.78 is 5.27. The molecule has 108 valence electrons. The van der Waals surface area contributed by atoms with E-state index in [9.17, 15) is 9.90 Å². The predicted molar refractivity (Wildman–Crippen MR) is 76.7 cm³/mol. The van der Waals surface area contributed by atoms with Crippen molar-refractivity contribution in [2.75, 3.05) is 0 Å². The Bertz CT molecular complexity index is 822. The molecule has 1 unspecified atom stereocenters. The lowest BCUT2D eigenvalue weighted by Crippen LogP contribution is -2.27.